The summed E-state index contributed by atoms with van der Waals surface area (Å²) < 4.78 is 0. The number of piperidine rings is 1. The molecule has 0 N–H and O–H groups in total. The van der Waals surface area contributed by atoms with Gasteiger partial charge in [0.15, 0.2) is 0 Å². The first-order valence-electron chi connectivity index (χ1n) is 8.33. The molecule has 1 aliphatic heterocycles. The van der Waals surface area contributed by atoms with Gasteiger partial charge in [-0.25, -0.2) is 9.97 Å². The lowest BCUT2D eigenvalue weighted by Crippen LogP contribution is -2.40. The summed E-state index contributed by atoms with van der Waals surface area (Å²) in [5, 5.41) is 1.96. The molecule has 1 fully saturated rings. The Hall–Kier alpha value is -1.62. The Kier molecular flexibility index (Phi) is 5.16. The number of aromatic nitrogens is 2. The molecule has 0 aliphatic carbocycles. The number of amides is 1. The van der Waals surface area contributed by atoms with Crippen molar-refractivity contribution in [3.8, 4) is 0 Å². The molecule has 3 rings (SSSR count). The van der Waals surface area contributed by atoms with Gasteiger partial charge in [-0.1, -0.05) is 43.8 Å². The van der Waals surface area contributed by atoms with Crippen molar-refractivity contribution < 1.29 is 4.79 Å². The molecule has 1 aromatic carbocycles. The number of nitrogens with zero attached hydrogens (tertiary/aromatic N) is 3. The van der Waals surface area contributed by atoms with Crippen LogP contribution in [0, 0.1) is 5.92 Å². The lowest BCUT2D eigenvalue weighted by atomic mass is 10.0. The summed E-state index contributed by atoms with van der Waals surface area (Å²) in [4.78, 5) is 23.7. The summed E-state index contributed by atoms with van der Waals surface area (Å²) in [7, 11) is 0. The standard InChI is InChI=1S/C18H23N3OS/c1-3-16-19-15-9-5-4-8-14(15)18(20-16)23-12-17(22)21-10-6-7-13(2)11-21/h4-5,8-9,13H,3,6-7,10-12H2,1-2H3. The first kappa shape index (κ1) is 16.2. The molecule has 0 bridgehead atoms. The van der Waals surface area contributed by atoms with Crippen LogP contribution in [0.4, 0.5) is 0 Å². The van der Waals surface area contributed by atoms with E-state index in [4.69, 9.17) is 0 Å². The zero-order valence-electron chi connectivity index (χ0n) is 13.8. The lowest BCUT2D eigenvalue weighted by Gasteiger charge is -2.30. The minimum atomic E-state index is 0.224. The number of fused-ring (bicyclic) bond motifs is 1. The monoisotopic (exact) mass is 329 g/mol. The molecule has 1 unspecified atom stereocenters. The molecule has 0 spiro atoms. The van der Waals surface area contributed by atoms with E-state index in [2.05, 4.69) is 23.8 Å². The van der Waals surface area contributed by atoms with Gasteiger partial charge in [-0.3, -0.25) is 4.79 Å². The fourth-order valence-electron chi connectivity index (χ4n) is 3.00. The number of benzene rings is 1. The number of thioether (sulfide) groups is 1. The van der Waals surface area contributed by atoms with E-state index in [1.54, 1.807) is 11.8 Å². The Morgan fingerprint density at radius 3 is 2.96 bits per heavy atom. The van der Waals surface area contributed by atoms with Crippen molar-refractivity contribution >= 4 is 28.6 Å². The zero-order chi connectivity index (χ0) is 16.2. The van der Waals surface area contributed by atoms with E-state index in [1.807, 2.05) is 29.2 Å². The maximum Gasteiger partial charge on any atom is 0.232 e. The van der Waals surface area contributed by atoms with Crippen molar-refractivity contribution in [1.82, 2.24) is 14.9 Å². The predicted molar refractivity (Wildman–Crippen MR) is 94.6 cm³/mol. The molecule has 4 nitrogen and oxygen atoms in total. The molecule has 1 aromatic heterocycles. The third-order valence-corrected chi connectivity index (χ3v) is 5.25. The topological polar surface area (TPSA) is 46.1 Å². The van der Waals surface area contributed by atoms with Gasteiger partial charge in [-0.2, -0.15) is 0 Å². The van der Waals surface area contributed by atoms with Gasteiger partial charge in [-0.15, -0.1) is 0 Å². The average molecular weight is 329 g/mol. The first-order valence-corrected chi connectivity index (χ1v) is 9.32. The highest BCUT2D eigenvalue weighted by Crippen LogP contribution is 2.26. The second-order valence-corrected chi connectivity index (χ2v) is 7.16. The molecule has 1 aliphatic rings. The van der Waals surface area contributed by atoms with Gasteiger partial charge < -0.3 is 4.90 Å². The van der Waals surface area contributed by atoms with E-state index in [1.165, 1.54) is 6.42 Å². The van der Waals surface area contributed by atoms with Gasteiger partial charge in [0, 0.05) is 24.9 Å². The Bertz CT molecular complexity index is 704. The van der Waals surface area contributed by atoms with Crippen LogP contribution in [-0.2, 0) is 11.2 Å². The number of likely N-dealkylation sites (tertiary alicyclic amines) is 1. The predicted octanol–water partition coefficient (Wildman–Crippen LogP) is 3.54. The van der Waals surface area contributed by atoms with E-state index >= 15 is 0 Å². The Morgan fingerprint density at radius 2 is 2.17 bits per heavy atom. The molecule has 0 saturated carbocycles. The molecule has 23 heavy (non-hydrogen) atoms. The van der Waals surface area contributed by atoms with Gasteiger partial charge in [0.05, 0.1) is 11.3 Å². The van der Waals surface area contributed by atoms with E-state index in [0.29, 0.717) is 11.7 Å². The van der Waals surface area contributed by atoms with Crippen LogP contribution in [0.5, 0.6) is 0 Å². The Balaban J connectivity index is 1.74. The normalized spacial score (nSPS) is 18.3. The quantitative estimate of drug-likeness (QED) is 0.636. The van der Waals surface area contributed by atoms with E-state index in [0.717, 1.165) is 47.7 Å². The summed E-state index contributed by atoms with van der Waals surface area (Å²) in [6, 6.07) is 8.03. The number of carbonyl (C=O) groups excluding carboxylic acids is 1. The Morgan fingerprint density at radius 1 is 1.35 bits per heavy atom. The number of hydrogen-bond acceptors (Lipinski definition) is 4. The second-order valence-electron chi connectivity index (χ2n) is 6.19. The highest BCUT2D eigenvalue weighted by Gasteiger charge is 2.21. The molecule has 1 amide bonds. The van der Waals surface area contributed by atoms with Crippen LogP contribution in [0.1, 0.15) is 32.5 Å². The summed E-state index contributed by atoms with van der Waals surface area (Å²) in [5.41, 5.74) is 0.959. The lowest BCUT2D eigenvalue weighted by molar-refractivity contribution is -0.130. The van der Waals surface area contributed by atoms with Crippen LogP contribution in [-0.4, -0.2) is 39.6 Å². The van der Waals surface area contributed by atoms with Crippen LogP contribution in [0.3, 0.4) is 0 Å². The van der Waals surface area contributed by atoms with Crippen molar-refractivity contribution in [2.75, 3.05) is 18.8 Å². The van der Waals surface area contributed by atoms with E-state index in [-0.39, 0.29) is 5.91 Å². The first-order chi connectivity index (χ1) is 11.2. The summed E-state index contributed by atoms with van der Waals surface area (Å²) in [6.07, 6.45) is 3.15. The van der Waals surface area contributed by atoms with Crippen molar-refractivity contribution in [3.63, 3.8) is 0 Å². The summed E-state index contributed by atoms with van der Waals surface area (Å²) >= 11 is 1.54. The third kappa shape index (κ3) is 3.83. The fraction of sp³-hybridized carbons (Fsp3) is 0.500. The second kappa shape index (κ2) is 7.30. The molecule has 0 radical (unpaired) electrons. The van der Waals surface area contributed by atoms with Gasteiger partial charge in [0.2, 0.25) is 5.91 Å². The highest BCUT2D eigenvalue weighted by molar-refractivity contribution is 8.00. The molecular weight excluding hydrogens is 306 g/mol. The van der Waals surface area contributed by atoms with Crippen LogP contribution < -0.4 is 0 Å². The van der Waals surface area contributed by atoms with Crippen molar-refractivity contribution in [3.05, 3.63) is 30.1 Å². The average Bonchev–Trinajstić information content (AvgIpc) is 2.59. The highest BCUT2D eigenvalue weighted by atomic mass is 32.2. The van der Waals surface area contributed by atoms with E-state index in [9.17, 15) is 4.79 Å². The summed E-state index contributed by atoms with van der Waals surface area (Å²) in [5.74, 6) is 2.13. The SMILES string of the molecule is CCc1nc(SCC(=O)N2CCCC(C)C2)c2ccccc2n1. The van der Waals surface area contributed by atoms with Crippen LogP contribution in [0.25, 0.3) is 10.9 Å². The van der Waals surface area contributed by atoms with Crippen molar-refractivity contribution in [2.45, 2.75) is 38.1 Å². The van der Waals surface area contributed by atoms with Crippen molar-refractivity contribution in [2.24, 2.45) is 5.92 Å². The summed E-state index contributed by atoms with van der Waals surface area (Å²) in [6.45, 7) is 6.06. The number of carbonyl (C=O) groups is 1. The number of rotatable bonds is 4. The number of para-hydroxylation sites is 1. The minimum absolute atomic E-state index is 0.224. The molecule has 1 saturated heterocycles. The smallest absolute Gasteiger partial charge is 0.232 e. The number of hydrogen-bond donors (Lipinski definition) is 0. The molecule has 5 heteroatoms. The molecular formula is C18H23N3OS. The number of aryl methyl sites for hydroxylation is 1. The van der Waals surface area contributed by atoms with Gasteiger partial charge in [-0.05, 0) is 24.8 Å². The fourth-order valence-corrected chi connectivity index (χ4v) is 3.94. The minimum Gasteiger partial charge on any atom is -0.342 e. The van der Waals surface area contributed by atoms with Crippen molar-refractivity contribution in [1.29, 1.82) is 0 Å². The molecule has 122 valence electrons. The van der Waals surface area contributed by atoms with Crippen LogP contribution >= 0.6 is 11.8 Å². The molecule has 2 aromatic rings. The zero-order valence-corrected chi connectivity index (χ0v) is 14.6. The maximum absolute atomic E-state index is 12.5. The third-order valence-electron chi connectivity index (χ3n) is 4.27. The maximum atomic E-state index is 12.5. The van der Waals surface area contributed by atoms with Crippen LogP contribution in [0.2, 0.25) is 0 Å². The molecule has 1 atom stereocenters. The van der Waals surface area contributed by atoms with Gasteiger partial charge >= 0.3 is 0 Å². The largest absolute Gasteiger partial charge is 0.342 e. The molecule has 2 heterocycles. The van der Waals surface area contributed by atoms with Gasteiger partial charge in [0.1, 0.15) is 10.9 Å². The van der Waals surface area contributed by atoms with E-state index < -0.39 is 0 Å². The van der Waals surface area contributed by atoms with Crippen LogP contribution in [0.15, 0.2) is 29.3 Å². The Labute approximate surface area is 141 Å². The van der Waals surface area contributed by atoms with Gasteiger partial charge in [0.25, 0.3) is 0 Å².